The molecule has 1 aromatic rings. The lowest BCUT2D eigenvalue weighted by molar-refractivity contribution is 0.160. The molecule has 5 nitrogen and oxygen atoms in total. The number of likely N-dealkylation sites (tertiary alicyclic amines) is 1. The number of hydrogen-bond acceptors (Lipinski definition) is 3. The van der Waals surface area contributed by atoms with Gasteiger partial charge in [-0.05, 0) is 62.1 Å². The van der Waals surface area contributed by atoms with Crippen LogP contribution in [0.25, 0.3) is 0 Å². The number of rotatable bonds is 7. The highest BCUT2D eigenvalue weighted by Gasteiger charge is 2.23. The second kappa shape index (κ2) is 11.3. The smallest absolute Gasteiger partial charge is 0.191 e. The maximum Gasteiger partial charge on any atom is 0.191 e. The summed E-state index contributed by atoms with van der Waals surface area (Å²) < 4.78 is 0. The maximum absolute atomic E-state index is 9.35. The van der Waals surface area contributed by atoms with E-state index in [-0.39, 0.29) is 0 Å². The van der Waals surface area contributed by atoms with Crippen molar-refractivity contribution in [3.05, 3.63) is 29.8 Å². The lowest BCUT2D eigenvalue weighted by Crippen LogP contribution is -2.49. The van der Waals surface area contributed by atoms with E-state index in [4.69, 9.17) is 0 Å². The molecule has 1 aliphatic carbocycles. The van der Waals surface area contributed by atoms with E-state index < -0.39 is 0 Å². The number of piperidine rings is 1. The second-order valence-corrected chi connectivity index (χ2v) is 8.49. The van der Waals surface area contributed by atoms with E-state index in [2.05, 4.69) is 20.5 Å². The van der Waals surface area contributed by atoms with E-state index in [1.165, 1.54) is 70.1 Å². The van der Waals surface area contributed by atoms with Gasteiger partial charge < -0.3 is 20.6 Å². The molecule has 0 amide bonds. The molecule has 3 N–H and O–H groups in total. The molecule has 0 bridgehead atoms. The number of benzene rings is 1. The number of nitrogens with zero attached hydrogens (tertiary/aromatic N) is 2. The molecule has 1 aliphatic heterocycles. The number of phenolic OH excluding ortho intramolecular Hbond substituents is 1. The lowest BCUT2D eigenvalue weighted by Gasteiger charge is -2.36. The fourth-order valence-corrected chi connectivity index (χ4v) is 4.54. The van der Waals surface area contributed by atoms with Crippen molar-refractivity contribution >= 4 is 5.96 Å². The van der Waals surface area contributed by atoms with Gasteiger partial charge in [0.15, 0.2) is 5.96 Å². The number of aliphatic imine (C=N–C) groups is 1. The lowest BCUT2D eigenvalue weighted by atomic mass is 9.88. The molecule has 156 valence electrons. The van der Waals surface area contributed by atoms with Crippen LogP contribution in [0.1, 0.15) is 56.9 Å². The van der Waals surface area contributed by atoms with E-state index in [1.807, 2.05) is 19.2 Å². The third kappa shape index (κ3) is 7.01. The normalized spacial score (nSPS) is 20.2. The van der Waals surface area contributed by atoms with Gasteiger partial charge >= 0.3 is 0 Å². The molecular weight excluding hydrogens is 348 g/mol. The van der Waals surface area contributed by atoms with Crippen molar-refractivity contribution in [2.24, 2.45) is 10.9 Å². The molecule has 0 radical (unpaired) electrons. The van der Waals surface area contributed by atoms with Crippen LogP contribution in [-0.2, 0) is 6.42 Å². The average molecular weight is 387 g/mol. The third-order valence-corrected chi connectivity index (χ3v) is 6.26. The van der Waals surface area contributed by atoms with Gasteiger partial charge in [-0.3, -0.25) is 4.99 Å². The van der Waals surface area contributed by atoms with Gasteiger partial charge in [0.05, 0.1) is 0 Å². The fraction of sp³-hybridized carbons (Fsp3) is 0.696. The molecular formula is C23H38N4O. The first-order valence-electron chi connectivity index (χ1n) is 11.2. The summed E-state index contributed by atoms with van der Waals surface area (Å²) in [7, 11) is 1.85. The third-order valence-electron chi connectivity index (χ3n) is 6.26. The van der Waals surface area contributed by atoms with E-state index in [0.29, 0.717) is 11.8 Å². The molecule has 3 rings (SSSR count). The van der Waals surface area contributed by atoms with Crippen LogP contribution in [0.4, 0.5) is 0 Å². The summed E-state index contributed by atoms with van der Waals surface area (Å²) in [6.07, 6.45) is 11.7. The molecule has 28 heavy (non-hydrogen) atoms. The molecule has 1 heterocycles. The first-order chi connectivity index (χ1) is 13.7. The van der Waals surface area contributed by atoms with Crippen molar-refractivity contribution in [3.8, 4) is 5.75 Å². The molecule has 0 atom stereocenters. The van der Waals surface area contributed by atoms with Gasteiger partial charge in [-0.25, -0.2) is 0 Å². The monoisotopic (exact) mass is 386 g/mol. The Hall–Kier alpha value is -1.75. The van der Waals surface area contributed by atoms with Crippen molar-refractivity contribution < 1.29 is 5.11 Å². The summed E-state index contributed by atoms with van der Waals surface area (Å²) in [6.45, 7) is 4.65. The predicted molar refractivity (Wildman–Crippen MR) is 117 cm³/mol. The number of aromatic hydroxyl groups is 1. The van der Waals surface area contributed by atoms with E-state index in [0.717, 1.165) is 31.3 Å². The van der Waals surface area contributed by atoms with Gasteiger partial charge in [-0.1, -0.05) is 31.4 Å². The summed E-state index contributed by atoms with van der Waals surface area (Å²) in [5.41, 5.74) is 1.26. The number of guanidine groups is 1. The minimum atomic E-state index is 0.330. The zero-order valence-corrected chi connectivity index (χ0v) is 17.5. The predicted octanol–water partition coefficient (Wildman–Crippen LogP) is 3.53. The van der Waals surface area contributed by atoms with Crippen LogP contribution in [0.3, 0.4) is 0 Å². The molecule has 1 saturated heterocycles. The minimum absolute atomic E-state index is 0.330. The SMILES string of the molecule is CN=C(NCCCc1ccc(O)cc1)NC1CCN(CC2CCCCC2)CC1. The molecule has 2 aliphatic rings. The van der Waals surface area contributed by atoms with Gasteiger partial charge in [0.2, 0.25) is 0 Å². The highest BCUT2D eigenvalue weighted by atomic mass is 16.3. The zero-order valence-electron chi connectivity index (χ0n) is 17.5. The zero-order chi connectivity index (χ0) is 19.6. The molecule has 1 saturated carbocycles. The number of nitrogens with one attached hydrogen (secondary N) is 2. The average Bonchev–Trinajstić information content (AvgIpc) is 2.73. The Morgan fingerprint density at radius 3 is 2.46 bits per heavy atom. The van der Waals surface area contributed by atoms with Crippen LogP contribution < -0.4 is 10.6 Å². The van der Waals surface area contributed by atoms with Crippen LogP contribution >= 0.6 is 0 Å². The van der Waals surface area contributed by atoms with Crippen molar-refractivity contribution in [1.82, 2.24) is 15.5 Å². The number of hydrogen-bond donors (Lipinski definition) is 3. The Labute approximate surface area is 170 Å². The number of aryl methyl sites for hydroxylation is 1. The van der Waals surface area contributed by atoms with Gasteiger partial charge in [-0.15, -0.1) is 0 Å². The van der Waals surface area contributed by atoms with E-state index >= 15 is 0 Å². The summed E-state index contributed by atoms with van der Waals surface area (Å²) in [6, 6.07) is 8.02. The van der Waals surface area contributed by atoms with Crippen LogP contribution in [0, 0.1) is 5.92 Å². The Balaban J connectivity index is 1.30. The molecule has 2 fully saturated rings. The second-order valence-electron chi connectivity index (χ2n) is 8.49. The fourth-order valence-electron chi connectivity index (χ4n) is 4.54. The molecule has 0 aromatic heterocycles. The van der Waals surface area contributed by atoms with Crippen molar-refractivity contribution in [1.29, 1.82) is 0 Å². The Kier molecular flexibility index (Phi) is 8.46. The molecule has 0 spiro atoms. The summed E-state index contributed by atoms with van der Waals surface area (Å²) in [4.78, 5) is 7.08. The highest BCUT2D eigenvalue weighted by Crippen LogP contribution is 2.25. The van der Waals surface area contributed by atoms with Crippen LogP contribution in [0.15, 0.2) is 29.3 Å². The molecule has 5 heteroatoms. The first kappa shape index (κ1) is 21.0. The van der Waals surface area contributed by atoms with E-state index in [9.17, 15) is 5.11 Å². The Morgan fingerprint density at radius 2 is 1.79 bits per heavy atom. The van der Waals surface area contributed by atoms with Crippen LogP contribution in [0.5, 0.6) is 5.75 Å². The van der Waals surface area contributed by atoms with Crippen LogP contribution in [0.2, 0.25) is 0 Å². The van der Waals surface area contributed by atoms with Gasteiger partial charge in [0, 0.05) is 39.3 Å². The Morgan fingerprint density at radius 1 is 1.07 bits per heavy atom. The summed E-state index contributed by atoms with van der Waals surface area (Å²) >= 11 is 0. The number of phenols is 1. The quantitative estimate of drug-likeness (QED) is 0.381. The van der Waals surface area contributed by atoms with Crippen molar-refractivity contribution in [2.75, 3.05) is 33.2 Å². The highest BCUT2D eigenvalue weighted by molar-refractivity contribution is 5.79. The minimum Gasteiger partial charge on any atom is -0.508 e. The van der Waals surface area contributed by atoms with E-state index in [1.54, 1.807) is 12.1 Å². The van der Waals surface area contributed by atoms with Gasteiger partial charge in [0.1, 0.15) is 5.75 Å². The Bertz CT molecular complexity index is 587. The van der Waals surface area contributed by atoms with Gasteiger partial charge in [0.25, 0.3) is 0 Å². The standard InChI is InChI=1S/C23H38N4O/c1-24-23(25-15-5-8-19-9-11-22(28)12-10-19)26-21-13-16-27(17-14-21)18-20-6-3-2-4-7-20/h9-12,20-21,28H,2-8,13-18H2,1H3,(H2,24,25,26). The first-order valence-corrected chi connectivity index (χ1v) is 11.2. The van der Waals surface area contributed by atoms with Gasteiger partial charge in [-0.2, -0.15) is 0 Å². The molecule has 0 unspecified atom stereocenters. The summed E-state index contributed by atoms with van der Waals surface area (Å²) in [5.74, 6) is 2.20. The van der Waals surface area contributed by atoms with Crippen molar-refractivity contribution in [3.63, 3.8) is 0 Å². The maximum atomic E-state index is 9.35. The van der Waals surface area contributed by atoms with Crippen LogP contribution in [-0.4, -0.2) is 55.2 Å². The largest absolute Gasteiger partial charge is 0.508 e. The summed E-state index contributed by atoms with van der Waals surface area (Å²) in [5, 5.41) is 16.4. The molecule has 1 aromatic carbocycles. The topological polar surface area (TPSA) is 59.9 Å². The van der Waals surface area contributed by atoms with Crippen molar-refractivity contribution in [2.45, 2.75) is 63.8 Å².